The summed E-state index contributed by atoms with van der Waals surface area (Å²) in [6.45, 7) is 7.84. The second-order valence-electron chi connectivity index (χ2n) is 5.62. The predicted octanol–water partition coefficient (Wildman–Crippen LogP) is 2.88. The Morgan fingerprint density at radius 3 is 2.68 bits per heavy atom. The molecule has 2 N–H and O–H groups in total. The highest BCUT2D eigenvalue weighted by atomic mass is 16.6. The Bertz CT molecular complexity index is 488. The number of aromatic nitrogens is 1. The van der Waals surface area contributed by atoms with Crippen molar-refractivity contribution in [3.63, 3.8) is 0 Å². The SMILES string of the molecule is CCNc1ccc([N+](=O)[O-])c(NCC2CC2(C)C)n1. The number of hydrogen-bond acceptors (Lipinski definition) is 5. The van der Waals surface area contributed by atoms with Crippen LogP contribution >= 0.6 is 0 Å². The standard InChI is InChI=1S/C13H20N4O2/c1-4-14-11-6-5-10(17(18)19)12(16-11)15-8-9-7-13(9,2)3/h5-6,9H,4,7-8H2,1-3H3,(H2,14,15,16). The molecule has 1 aromatic heterocycles. The number of nitrogens with zero attached hydrogens (tertiary/aromatic N) is 2. The number of nitrogens with one attached hydrogen (secondary N) is 2. The lowest BCUT2D eigenvalue weighted by Crippen LogP contribution is -2.11. The molecule has 1 aliphatic rings. The summed E-state index contributed by atoms with van der Waals surface area (Å²) < 4.78 is 0. The minimum Gasteiger partial charge on any atom is -0.370 e. The number of anilines is 2. The maximum absolute atomic E-state index is 11.0. The molecule has 1 saturated carbocycles. The molecule has 0 spiro atoms. The molecular weight excluding hydrogens is 244 g/mol. The van der Waals surface area contributed by atoms with Crippen molar-refractivity contribution >= 4 is 17.3 Å². The van der Waals surface area contributed by atoms with Gasteiger partial charge < -0.3 is 10.6 Å². The van der Waals surface area contributed by atoms with Gasteiger partial charge in [-0.15, -0.1) is 0 Å². The predicted molar refractivity (Wildman–Crippen MR) is 75.4 cm³/mol. The van der Waals surface area contributed by atoms with Crippen LogP contribution < -0.4 is 10.6 Å². The van der Waals surface area contributed by atoms with Crippen LogP contribution in [-0.4, -0.2) is 23.0 Å². The number of rotatable bonds is 6. The average molecular weight is 264 g/mol. The van der Waals surface area contributed by atoms with E-state index in [0.29, 0.717) is 23.0 Å². The topological polar surface area (TPSA) is 80.1 Å². The van der Waals surface area contributed by atoms with Crippen LogP contribution in [0.15, 0.2) is 12.1 Å². The summed E-state index contributed by atoms with van der Waals surface area (Å²) in [4.78, 5) is 14.9. The number of hydrogen-bond donors (Lipinski definition) is 2. The van der Waals surface area contributed by atoms with Gasteiger partial charge in [-0.25, -0.2) is 4.98 Å². The molecular formula is C13H20N4O2. The van der Waals surface area contributed by atoms with Gasteiger partial charge in [0.2, 0.25) is 5.82 Å². The van der Waals surface area contributed by atoms with Crippen molar-refractivity contribution in [1.29, 1.82) is 0 Å². The largest absolute Gasteiger partial charge is 0.370 e. The van der Waals surface area contributed by atoms with Gasteiger partial charge in [0.1, 0.15) is 5.82 Å². The van der Waals surface area contributed by atoms with Crippen LogP contribution in [0.3, 0.4) is 0 Å². The molecule has 1 unspecified atom stereocenters. The van der Waals surface area contributed by atoms with Crippen LogP contribution in [0.25, 0.3) is 0 Å². The molecule has 0 saturated heterocycles. The van der Waals surface area contributed by atoms with Crippen LogP contribution in [0.5, 0.6) is 0 Å². The van der Waals surface area contributed by atoms with E-state index in [1.165, 1.54) is 6.07 Å². The van der Waals surface area contributed by atoms with E-state index in [0.717, 1.165) is 19.5 Å². The van der Waals surface area contributed by atoms with E-state index < -0.39 is 4.92 Å². The molecule has 0 radical (unpaired) electrons. The normalized spacial score (nSPS) is 19.8. The molecule has 6 heteroatoms. The van der Waals surface area contributed by atoms with Crippen molar-refractivity contribution < 1.29 is 4.92 Å². The van der Waals surface area contributed by atoms with E-state index in [9.17, 15) is 10.1 Å². The average Bonchev–Trinajstić information content (AvgIpc) is 2.95. The zero-order valence-electron chi connectivity index (χ0n) is 11.6. The maximum Gasteiger partial charge on any atom is 0.311 e. The first kappa shape index (κ1) is 13.6. The maximum atomic E-state index is 11.0. The molecule has 1 atom stereocenters. The summed E-state index contributed by atoms with van der Waals surface area (Å²) in [7, 11) is 0. The Morgan fingerprint density at radius 1 is 1.47 bits per heavy atom. The van der Waals surface area contributed by atoms with E-state index >= 15 is 0 Å². The fourth-order valence-corrected chi connectivity index (χ4v) is 2.15. The minimum atomic E-state index is -0.400. The highest BCUT2D eigenvalue weighted by Gasteiger charge is 2.45. The van der Waals surface area contributed by atoms with Gasteiger partial charge in [0.15, 0.2) is 0 Å². The first-order valence-electron chi connectivity index (χ1n) is 6.57. The van der Waals surface area contributed by atoms with Gasteiger partial charge in [-0.1, -0.05) is 13.8 Å². The summed E-state index contributed by atoms with van der Waals surface area (Å²) in [5, 5.41) is 17.2. The second-order valence-corrected chi connectivity index (χ2v) is 5.62. The molecule has 0 aliphatic heterocycles. The summed E-state index contributed by atoms with van der Waals surface area (Å²) in [6, 6.07) is 3.12. The van der Waals surface area contributed by atoms with E-state index in [1.54, 1.807) is 6.07 Å². The van der Waals surface area contributed by atoms with Crippen molar-refractivity contribution in [2.45, 2.75) is 27.2 Å². The van der Waals surface area contributed by atoms with E-state index in [1.807, 2.05) is 6.92 Å². The molecule has 1 aromatic rings. The molecule has 2 rings (SSSR count). The lowest BCUT2D eigenvalue weighted by Gasteiger charge is -2.09. The van der Waals surface area contributed by atoms with E-state index in [-0.39, 0.29) is 5.69 Å². The van der Waals surface area contributed by atoms with Crippen molar-refractivity contribution in [3.05, 3.63) is 22.2 Å². The third-order valence-corrected chi connectivity index (χ3v) is 3.66. The third-order valence-electron chi connectivity index (χ3n) is 3.66. The first-order valence-corrected chi connectivity index (χ1v) is 6.57. The Hall–Kier alpha value is -1.85. The first-order chi connectivity index (χ1) is 8.94. The van der Waals surface area contributed by atoms with Gasteiger partial charge in [0, 0.05) is 19.2 Å². The number of nitro groups is 1. The quantitative estimate of drug-likeness (QED) is 0.610. The molecule has 104 valence electrons. The van der Waals surface area contributed by atoms with Gasteiger partial charge >= 0.3 is 5.69 Å². The van der Waals surface area contributed by atoms with Gasteiger partial charge in [0.25, 0.3) is 0 Å². The summed E-state index contributed by atoms with van der Waals surface area (Å²) >= 11 is 0. The molecule has 0 aromatic carbocycles. The zero-order chi connectivity index (χ0) is 14.0. The molecule has 0 amide bonds. The highest BCUT2D eigenvalue weighted by molar-refractivity contribution is 5.60. The zero-order valence-corrected chi connectivity index (χ0v) is 11.6. The van der Waals surface area contributed by atoms with Crippen LogP contribution in [0.1, 0.15) is 27.2 Å². The van der Waals surface area contributed by atoms with Crippen molar-refractivity contribution in [2.75, 3.05) is 23.7 Å². The second kappa shape index (κ2) is 5.03. The van der Waals surface area contributed by atoms with Crippen LogP contribution in [0.2, 0.25) is 0 Å². The smallest absolute Gasteiger partial charge is 0.311 e. The van der Waals surface area contributed by atoms with Crippen molar-refractivity contribution in [1.82, 2.24) is 4.98 Å². The van der Waals surface area contributed by atoms with Crippen molar-refractivity contribution in [3.8, 4) is 0 Å². The third kappa shape index (κ3) is 3.13. The van der Waals surface area contributed by atoms with Gasteiger partial charge in [-0.3, -0.25) is 10.1 Å². The molecule has 1 fully saturated rings. The summed E-state index contributed by atoms with van der Waals surface area (Å²) in [5.74, 6) is 1.58. The molecule has 1 aliphatic carbocycles. The molecule has 0 bridgehead atoms. The van der Waals surface area contributed by atoms with Crippen LogP contribution in [0, 0.1) is 21.4 Å². The summed E-state index contributed by atoms with van der Waals surface area (Å²) in [5.41, 5.74) is 0.376. The molecule has 19 heavy (non-hydrogen) atoms. The Kier molecular flexibility index (Phi) is 3.59. The fourth-order valence-electron chi connectivity index (χ4n) is 2.15. The van der Waals surface area contributed by atoms with Gasteiger partial charge in [0.05, 0.1) is 4.92 Å². The minimum absolute atomic E-state index is 0.0279. The Morgan fingerprint density at radius 2 is 2.16 bits per heavy atom. The molecule has 6 nitrogen and oxygen atoms in total. The summed E-state index contributed by atoms with van der Waals surface area (Å²) in [6.07, 6.45) is 1.15. The lowest BCUT2D eigenvalue weighted by atomic mass is 10.1. The van der Waals surface area contributed by atoms with Crippen molar-refractivity contribution in [2.24, 2.45) is 11.3 Å². The van der Waals surface area contributed by atoms with Gasteiger partial charge in [-0.2, -0.15) is 0 Å². The Balaban J connectivity index is 2.11. The number of pyridine rings is 1. The lowest BCUT2D eigenvalue weighted by molar-refractivity contribution is -0.384. The van der Waals surface area contributed by atoms with E-state index in [4.69, 9.17) is 0 Å². The monoisotopic (exact) mass is 264 g/mol. The van der Waals surface area contributed by atoms with Gasteiger partial charge in [-0.05, 0) is 30.7 Å². The van der Waals surface area contributed by atoms with Crippen LogP contribution in [0.4, 0.5) is 17.3 Å². The van der Waals surface area contributed by atoms with E-state index in [2.05, 4.69) is 29.5 Å². The fraction of sp³-hybridized carbons (Fsp3) is 0.615. The Labute approximate surface area is 112 Å². The highest BCUT2D eigenvalue weighted by Crippen LogP contribution is 2.51. The molecule has 1 heterocycles. The van der Waals surface area contributed by atoms with Crippen LogP contribution in [-0.2, 0) is 0 Å².